The Labute approximate surface area is 88.8 Å². The largest absolute Gasteiger partial charge is 0.353 e. The second-order valence-electron chi connectivity index (χ2n) is 4.26. The number of nitrogens with one attached hydrogen (secondary N) is 2. The van der Waals surface area contributed by atoms with Crippen molar-refractivity contribution in [1.82, 2.24) is 20.4 Å². The minimum absolute atomic E-state index is 0.0500. The molecule has 82 valence electrons. The summed E-state index contributed by atoms with van der Waals surface area (Å²) in [5, 5.41) is 10.4. The van der Waals surface area contributed by atoms with Crippen LogP contribution in [0, 0.1) is 6.92 Å². The van der Waals surface area contributed by atoms with E-state index >= 15 is 0 Å². The summed E-state index contributed by atoms with van der Waals surface area (Å²) in [5.74, 6) is 0.0500. The molecule has 0 bridgehead atoms. The second kappa shape index (κ2) is 3.34. The van der Waals surface area contributed by atoms with Crippen molar-refractivity contribution in [2.45, 2.75) is 19.4 Å². The fourth-order valence-corrected chi connectivity index (χ4v) is 2.01. The van der Waals surface area contributed by atoms with Crippen LogP contribution in [-0.4, -0.2) is 28.8 Å². The van der Waals surface area contributed by atoms with Crippen molar-refractivity contribution in [3.05, 3.63) is 17.5 Å². The third-order valence-corrected chi connectivity index (χ3v) is 2.89. The Morgan fingerprint density at radius 1 is 1.60 bits per heavy atom. The van der Waals surface area contributed by atoms with Crippen LogP contribution in [0.4, 0.5) is 0 Å². The van der Waals surface area contributed by atoms with Crippen molar-refractivity contribution in [3.63, 3.8) is 0 Å². The lowest BCUT2D eigenvalue weighted by molar-refractivity contribution is -0.122. The lowest BCUT2D eigenvalue weighted by Gasteiger charge is -2.34. The molecule has 0 radical (unpaired) electrons. The Kier molecular flexibility index (Phi) is 2.26. The van der Waals surface area contributed by atoms with Gasteiger partial charge in [0.1, 0.15) is 0 Å². The number of aryl methyl sites for hydroxylation is 2. The van der Waals surface area contributed by atoms with Gasteiger partial charge in [-0.3, -0.25) is 14.8 Å². The summed E-state index contributed by atoms with van der Waals surface area (Å²) >= 11 is 0. The quantitative estimate of drug-likeness (QED) is 0.664. The maximum Gasteiger partial charge on any atom is 0.234 e. The zero-order valence-corrected chi connectivity index (χ0v) is 9.29. The highest BCUT2D eigenvalue weighted by atomic mass is 16.2. The zero-order chi connectivity index (χ0) is 11.1. The SMILES string of the molecule is Cc1nn(C)cc1C1(C)CNC(=O)CN1. The molecule has 1 saturated heterocycles. The zero-order valence-electron chi connectivity index (χ0n) is 9.29. The summed E-state index contributed by atoms with van der Waals surface area (Å²) in [5.41, 5.74) is 1.94. The number of aromatic nitrogens is 2. The molecule has 1 amide bonds. The fourth-order valence-electron chi connectivity index (χ4n) is 2.01. The van der Waals surface area contributed by atoms with Crippen LogP contribution in [0.15, 0.2) is 6.20 Å². The van der Waals surface area contributed by atoms with Crippen molar-refractivity contribution >= 4 is 5.91 Å². The molecule has 1 atom stereocenters. The van der Waals surface area contributed by atoms with Gasteiger partial charge in [0.15, 0.2) is 0 Å². The van der Waals surface area contributed by atoms with Gasteiger partial charge in [0.2, 0.25) is 5.91 Å². The van der Waals surface area contributed by atoms with Crippen LogP contribution in [0.3, 0.4) is 0 Å². The number of hydrogen-bond donors (Lipinski definition) is 2. The summed E-state index contributed by atoms with van der Waals surface area (Å²) in [7, 11) is 1.90. The van der Waals surface area contributed by atoms with E-state index in [1.54, 1.807) is 4.68 Å². The van der Waals surface area contributed by atoms with E-state index in [0.29, 0.717) is 13.1 Å². The van der Waals surface area contributed by atoms with Crippen LogP contribution in [0.2, 0.25) is 0 Å². The molecule has 15 heavy (non-hydrogen) atoms. The normalized spacial score (nSPS) is 26.5. The molecule has 1 fully saturated rings. The first kappa shape index (κ1) is 10.2. The molecule has 5 nitrogen and oxygen atoms in total. The van der Waals surface area contributed by atoms with Crippen LogP contribution in [0.25, 0.3) is 0 Å². The van der Waals surface area contributed by atoms with Crippen LogP contribution in [0.1, 0.15) is 18.2 Å². The topological polar surface area (TPSA) is 59.0 Å². The van der Waals surface area contributed by atoms with Crippen molar-refractivity contribution in [1.29, 1.82) is 0 Å². The molecule has 1 aromatic rings. The smallest absolute Gasteiger partial charge is 0.234 e. The summed E-state index contributed by atoms with van der Waals surface area (Å²) in [6.45, 7) is 5.04. The van der Waals surface area contributed by atoms with Gasteiger partial charge in [-0.1, -0.05) is 0 Å². The molecule has 0 aliphatic carbocycles. The average molecular weight is 208 g/mol. The minimum Gasteiger partial charge on any atom is -0.353 e. The number of piperazine rings is 1. The highest BCUT2D eigenvalue weighted by Gasteiger charge is 2.33. The minimum atomic E-state index is -0.202. The highest BCUT2D eigenvalue weighted by Crippen LogP contribution is 2.23. The highest BCUT2D eigenvalue weighted by molar-refractivity contribution is 5.79. The van der Waals surface area contributed by atoms with E-state index in [4.69, 9.17) is 0 Å². The van der Waals surface area contributed by atoms with Crippen LogP contribution in [0.5, 0.6) is 0 Å². The number of hydrogen-bond acceptors (Lipinski definition) is 3. The lowest BCUT2D eigenvalue weighted by atomic mass is 9.91. The van der Waals surface area contributed by atoms with E-state index in [1.165, 1.54) is 0 Å². The molecule has 2 heterocycles. The van der Waals surface area contributed by atoms with Crippen molar-refractivity contribution < 1.29 is 4.79 Å². The molecule has 1 aliphatic heterocycles. The van der Waals surface area contributed by atoms with E-state index in [1.807, 2.05) is 20.2 Å². The maximum atomic E-state index is 11.1. The molecule has 1 aliphatic rings. The molecular weight excluding hydrogens is 192 g/mol. The van der Waals surface area contributed by atoms with Gasteiger partial charge in [0, 0.05) is 25.4 Å². The van der Waals surface area contributed by atoms with Gasteiger partial charge in [-0.05, 0) is 13.8 Å². The maximum absolute atomic E-state index is 11.1. The van der Waals surface area contributed by atoms with Gasteiger partial charge in [-0.25, -0.2) is 0 Å². The van der Waals surface area contributed by atoms with E-state index in [2.05, 4.69) is 22.7 Å². The van der Waals surface area contributed by atoms with Crippen LogP contribution >= 0.6 is 0 Å². The molecule has 1 unspecified atom stereocenters. The molecule has 1 aromatic heterocycles. The predicted molar refractivity (Wildman–Crippen MR) is 56.3 cm³/mol. The van der Waals surface area contributed by atoms with Crippen LogP contribution < -0.4 is 10.6 Å². The lowest BCUT2D eigenvalue weighted by Crippen LogP contribution is -2.57. The number of carbonyl (C=O) groups is 1. The van der Waals surface area contributed by atoms with Gasteiger partial charge >= 0.3 is 0 Å². The number of amides is 1. The van der Waals surface area contributed by atoms with Crippen molar-refractivity contribution in [3.8, 4) is 0 Å². The van der Waals surface area contributed by atoms with E-state index in [-0.39, 0.29) is 11.4 Å². The first-order valence-corrected chi connectivity index (χ1v) is 5.04. The second-order valence-corrected chi connectivity index (χ2v) is 4.26. The fraction of sp³-hybridized carbons (Fsp3) is 0.600. The molecule has 0 spiro atoms. The Hall–Kier alpha value is -1.36. The summed E-state index contributed by atoms with van der Waals surface area (Å²) < 4.78 is 1.80. The molecule has 0 aromatic carbocycles. The first-order valence-electron chi connectivity index (χ1n) is 5.04. The summed E-state index contributed by atoms with van der Waals surface area (Å²) in [6, 6.07) is 0. The molecule has 2 rings (SSSR count). The summed E-state index contributed by atoms with van der Waals surface area (Å²) in [4.78, 5) is 11.1. The third-order valence-electron chi connectivity index (χ3n) is 2.89. The molecule has 0 saturated carbocycles. The van der Waals surface area contributed by atoms with Gasteiger partial charge in [-0.2, -0.15) is 5.10 Å². The first-order chi connectivity index (χ1) is 7.01. The number of nitrogens with zero attached hydrogens (tertiary/aromatic N) is 2. The predicted octanol–water partition coefficient (Wildman–Crippen LogP) is -0.337. The Balaban J connectivity index is 2.29. The van der Waals surface area contributed by atoms with Gasteiger partial charge in [0.05, 0.1) is 17.8 Å². The third kappa shape index (κ3) is 1.74. The molecule has 5 heteroatoms. The van der Waals surface area contributed by atoms with E-state index in [9.17, 15) is 4.79 Å². The van der Waals surface area contributed by atoms with Gasteiger partial charge in [-0.15, -0.1) is 0 Å². The van der Waals surface area contributed by atoms with Crippen molar-refractivity contribution in [2.75, 3.05) is 13.1 Å². The van der Waals surface area contributed by atoms with Crippen LogP contribution in [-0.2, 0) is 17.4 Å². The van der Waals surface area contributed by atoms with Gasteiger partial charge in [0.25, 0.3) is 0 Å². The Morgan fingerprint density at radius 3 is 2.80 bits per heavy atom. The van der Waals surface area contributed by atoms with E-state index in [0.717, 1.165) is 11.3 Å². The Bertz CT molecular complexity index is 386. The monoisotopic (exact) mass is 208 g/mol. The van der Waals surface area contributed by atoms with E-state index < -0.39 is 0 Å². The number of carbonyl (C=O) groups excluding carboxylic acids is 1. The molecular formula is C10H16N4O. The standard InChI is InChI=1S/C10H16N4O/c1-7-8(5-14(3)13-7)10(2)6-11-9(15)4-12-10/h5,12H,4,6H2,1-3H3,(H,11,15). The molecule has 2 N–H and O–H groups in total. The van der Waals surface area contributed by atoms with Crippen molar-refractivity contribution in [2.24, 2.45) is 7.05 Å². The number of rotatable bonds is 1. The average Bonchev–Trinajstić information content (AvgIpc) is 2.52. The summed E-state index contributed by atoms with van der Waals surface area (Å²) in [6.07, 6.45) is 2.00. The van der Waals surface area contributed by atoms with Gasteiger partial charge < -0.3 is 5.32 Å². The Morgan fingerprint density at radius 2 is 2.33 bits per heavy atom.